The second-order valence-corrected chi connectivity index (χ2v) is 7.90. The molecule has 2 fully saturated rings. The van der Waals surface area contributed by atoms with E-state index in [-0.39, 0.29) is 24.8 Å². The summed E-state index contributed by atoms with van der Waals surface area (Å²) in [5, 5.41) is 14.2. The molecule has 0 unspecified atom stereocenters. The highest BCUT2D eigenvalue weighted by Gasteiger charge is 2.41. The van der Waals surface area contributed by atoms with Crippen LogP contribution in [0, 0.1) is 5.82 Å². The van der Waals surface area contributed by atoms with Crippen molar-refractivity contribution in [1.29, 1.82) is 0 Å². The maximum Gasteiger partial charge on any atom is 0.256 e. The lowest BCUT2D eigenvalue weighted by atomic mass is 9.91. The molecule has 1 aromatic carbocycles. The molecule has 7 heteroatoms. The van der Waals surface area contributed by atoms with Gasteiger partial charge in [-0.3, -0.25) is 4.79 Å². The van der Waals surface area contributed by atoms with E-state index in [1.54, 1.807) is 17.0 Å². The molecule has 2 aliphatic heterocycles. The Bertz CT molecular complexity index is 666. The van der Waals surface area contributed by atoms with Crippen molar-refractivity contribution in [3.63, 3.8) is 0 Å². The van der Waals surface area contributed by atoms with Gasteiger partial charge in [0.1, 0.15) is 11.6 Å². The summed E-state index contributed by atoms with van der Waals surface area (Å²) in [5.41, 5.74) is -1.02. The fraction of sp³-hybridized carbons (Fsp3) is 0.667. The van der Waals surface area contributed by atoms with E-state index in [4.69, 9.17) is 4.74 Å². The van der Waals surface area contributed by atoms with Crippen LogP contribution in [0.25, 0.3) is 0 Å². The van der Waals surface area contributed by atoms with Crippen LogP contribution in [0.4, 0.5) is 4.39 Å². The van der Waals surface area contributed by atoms with Crippen LogP contribution in [0.3, 0.4) is 0 Å². The predicted molar refractivity (Wildman–Crippen MR) is 106 cm³/mol. The lowest BCUT2D eigenvalue weighted by Crippen LogP contribution is -2.58. The molecule has 0 saturated carbocycles. The zero-order chi connectivity index (χ0) is 20.0. The van der Waals surface area contributed by atoms with Gasteiger partial charge in [0, 0.05) is 38.3 Å². The molecular weight excluding hydrogens is 361 g/mol. The predicted octanol–water partition coefficient (Wildman–Crippen LogP) is 1.76. The smallest absolute Gasteiger partial charge is 0.256 e. The monoisotopic (exact) mass is 393 g/mol. The van der Waals surface area contributed by atoms with Crippen LogP contribution in [-0.4, -0.2) is 72.8 Å². The van der Waals surface area contributed by atoms with Crippen molar-refractivity contribution in [3.8, 4) is 5.75 Å². The van der Waals surface area contributed by atoms with E-state index in [0.29, 0.717) is 30.7 Å². The first-order valence-electron chi connectivity index (χ1n) is 10.3. The van der Waals surface area contributed by atoms with Gasteiger partial charge in [-0.25, -0.2) is 4.39 Å². The minimum atomic E-state index is -1.42. The molecule has 2 saturated heterocycles. The maximum absolute atomic E-state index is 14.1. The third kappa shape index (κ3) is 5.21. The van der Waals surface area contributed by atoms with Crippen molar-refractivity contribution >= 4 is 5.91 Å². The van der Waals surface area contributed by atoms with Gasteiger partial charge in [0.2, 0.25) is 0 Å². The maximum atomic E-state index is 14.1. The first-order chi connectivity index (χ1) is 13.5. The average Bonchev–Trinajstić information content (AvgIpc) is 2.71. The number of carbonyl (C=O) groups is 1. The molecule has 1 amide bonds. The Morgan fingerprint density at radius 3 is 2.75 bits per heavy atom. The summed E-state index contributed by atoms with van der Waals surface area (Å²) in [6.45, 7) is 4.83. The topological polar surface area (TPSA) is 65.0 Å². The summed E-state index contributed by atoms with van der Waals surface area (Å²) in [4.78, 5) is 16.9. The van der Waals surface area contributed by atoms with Crippen molar-refractivity contribution in [2.45, 2.75) is 44.2 Å². The highest BCUT2D eigenvalue weighted by molar-refractivity contribution is 5.86. The van der Waals surface area contributed by atoms with Crippen molar-refractivity contribution in [1.82, 2.24) is 15.1 Å². The first kappa shape index (κ1) is 21.0. The highest BCUT2D eigenvalue weighted by atomic mass is 19.1. The fourth-order valence-electron chi connectivity index (χ4n) is 4.10. The molecule has 1 aromatic rings. The average molecular weight is 394 g/mol. The highest BCUT2D eigenvalue weighted by Crippen LogP contribution is 2.25. The van der Waals surface area contributed by atoms with Crippen LogP contribution in [-0.2, 0) is 11.3 Å². The molecule has 0 aliphatic carbocycles. The Labute approximate surface area is 166 Å². The first-order valence-corrected chi connectivity index (χ1v) is 10.3. The fourth-order valence-corrected chi connectivity index (χ4v) is 4.10. The number of likely N-dealkylation sites (tertiary alicyclic amines) is 2. The number of hydrogen-bond donors (Lipinski definition) is 2. The summed E-state index contributed by atoms with van der Waals surface area (Å²) in [6.07, 6.45) is 4.93. The Balaban J connectivity index is 1.53. The van der Waals surface area contributed by atoms with E-state index in [9.17, 15) is 14.3 Å². The number of ether oxygens (including phenoxy) is 1. The minimum absolute atomic E-state index is 0.137. The molecule has 2 heterocycles. The van der Waals surface area contributed by atoms with E-state index < -0.39 is 5.60 Å². The third-order valence-corrected chi connectivity index (χ3v) is 5.79. The summed E-state index contributed by atoms with van der Waals surface area (Å²) < 4.78 is 19.3. The number of benzene rings is 1. The number of carbonyl (C=O) groups excluding carboxylic acids is 1. The summed E-state index contributed by atoms with van der Waals surface area (Å²) in [7, 11) is 1.53. The number of piperidine rings is 2. The molecule has 2 N–H and O–H groups in total. The second-order valence-electron chi connectivity index (χ2n) is 7.90. The Hall–Kier alpha value is -1.70. The molecular formula is C21H32FN3O3. The summed E-state index contributed by atoms with van der Waals surface area (Å²) in [6, 6.07) is 4.50. The zero-order valence-corrected chi connectivity index (χ0v) is 16.8. The van der Waals surface area contributed by atoms with Gasteiger partial charge in [0.15, 0.2) is 5.60 Å². The normalized spacial score (nSPS) is 23.8. The second kappa shape index (κ2) is 9.67. The number of amides is 1. The summed E-state index contributed by atoms with van der Waals surface area (Å²) in [5.74, 6) is -0.149. The van der Waals surface area contributed by atoms with E-state index in [0.717, 1.165) is 26.2 Å². The van der Waals surface area contributed by atoms with Crippen LogP contribution in [0.2, 0.25) is 0 Å². The van der Waals surface area contributed by atoms with E-state index in [2.05, 4.69) is 10.2 Å². The van der Waals surface area contributed by atoms with Crippen LogP contribution < -0.4 is 10.1 Å². The summed E-state index contributed by atoms with van der Waals surface area (Å²) >= 11 is 0. The third-order valence-electron chi connectivity index (χ3n) is 5.79. The van der Waals surface area contributed by atoms with Crippen LogP contribution >= 0.6 is 0 Å². The number of nitrogens with zero attached hydrogens (tertiary/aromatic N) is 2. The standard InChI is InChI=1S/C21H32FN3O3/c1-28-18-6-7-19(22)17(14-18)15-25-12-5-8-21(27,20(25)26)16-23-9-13-24-10-3-2-4-11-24/h6-7,14,23,27H,2-5,8-13,15-16H2,1H3/t21-/m1/s1. The Morgan fingerprint density at radius 2 is 2.00 bits per heavy atom. The van der Waals surface area contributed by atoms with Gasteiger partial charge in [-0.15, -0.1) is 0 Å². The van der Waals surface area contributed by atoms with Gasteiger partial charge in [-0.05, 0) is 57.0 Å². The van der Waals surface area contributed by atoms with E-state index in [1.165, 1.54) is 32.4 Å². The van der Waals surface area contributed by atoms with Gasteiger partial charge in [0.05, 0.1) is 7.11 Å². The molecule has 0 bridgehead atoms. The largest absolute Gasteiger partial charge is 0.497 e. The quantitative estimate of drug-likeness (QED) is 0.659. The molecule has 0 radical (unpaired) electrons. The number of methoxy groups -OCH3 is 1. The minimum Gasteiger partial charge on any atom is -0.497 e. The van der Waals surface area contributed by atoms with Crippen molar-refractivity contribution < 1.29 is 19.0 Å². The number of hydrogen-bond acceptors (Lipinski definition) is 5. The number of rotatable bonds is 8. The Morgan fingerprint density at radius 1 is 1.21 bits per heavy atom. The lowest BCUT2D eigenvalue weighted by Gasteiger charge is -2.38. The molecule has 3 rings (SSSR count). The molecule has 0 aromatic heterocycles. The number of aliphatic hydroxyl groups is 1. The van der Waals surface area contributed by atoms with Crippen molar-refractivity contribution in [3.05, 3.63) is 29.6 Å². The molecule has 2 aliphatic rings. The van der Waals surface area contributed by atoms with Crippen LogP contribution in [0.15, 0.2) is 18.2 Å². The van der Waals surface area contributed by atoms with Crippen LogP contribution in [0.1, 0.15) is 37.7 Å². The van der Waals surface area contributed by atoms with Crippen LogP contribution in [0.5, 0.6) is 5.75 Å². The zero-order valence-electron chi connectivity index (χ0n) is 16.8. The Kier molecular flexibility index (Phi) is 7.26. The van der Waals surface area contributed by atoms with Gasteiger partial charge in [0.25, 0.3) is 5.91 Å². The SMILES string of the molecule is COc1ccc(F)c(CN2CCC[C@@](O)(CNCCN3CCCCC3)C2=O)c1. The molecule has 156 valence electrons. The van der Waals surface area contributed by atoms with Crippen molar-refractivity contribution in [2.75, 3.05) is 46.4 Å². The molecule has 6 nitrogen and oxygen atoms in total. The van der Waals surface area contributed by atoms with Gasteiger partial charge < -0.3 is 25.0 Å². The van der Waals surface area contributed by atoms with E-state index >= 15 is 0 Å². The van der Waals surface area contributed by atoms with Gasteiger partial charge in [-0.1, -0.05) is 6.42 Å². The number of halogens is 1. The number of nitrogens with one attached hydrogen (secondary N) is 1. The van der Waals surface area contributed by atoms with Crippen molar-refractivity contribution in [2.24, 2.45) is 0 Å². The molecule has 1 atom stereocenters. The van der Waals surface area contributed by atoms with Gasteiger partial charge >= 0.3 is 0 Å². The molecule has 28 heavy (non-hydrogen) atoms. The lowest BCUT2D eigenvalue weighted by molar-refractivity contribution is -0.157. The van der Waals surface area contributed by atoms with Gasteiger partial charge in [-0.2, -0.15) is 0 Å². The molecule has 0 spiro atoms. The van der Waals surface area contributed by atoms with E-state index in [1.807, 2.05) is 0 Å².